The molecule has 1 aromatic carbocycles. The van der Waals surface area contributed by atoms with Gasteiger partial charge in [-0.2, -0.15) is 0 Å². The van der Waals surface area contributed by atoms with Gasteiger partial charge < -0.3 is 0 Å². The molecule has 4 nitrogen and oxygen atoms in total. The van der Waals surface area contributed by atoms with Crippen LogP contribution in [-0.4, -0.2) is 18.8 Å². The van der Waals surface area contributed by atoms with Gasteiger partial charge in [-0.1, -0.05) is 30.3 Å². The first-order valence-electron chi connectivity index (χ1n) is 9.10. The normalized spacial score (nSPS) is 21.9. The summed E-state index contributed by atoms with van der Waals surface area (Å²) in [5.74, 6) is 1.32. The quantitative estimate of drug-likeness (QED) is 0.415. The Bertz CT molecular complexity index is 1340. The Morgan fingerprint density at radius 3 is 2.68 bits per heavy atom. The molecule has 0 radical (unpaired) electrons. The van der Waals surface area contributed by atoms with Crippen molar-refractivity contribution in [1.29, 1.82) is 0 Å². The lowest BCUT2D eigenvalue weighted by atomic mass is 10.0. The van der Waals surface area contributed by atoms with Crippen LogP contribution in [0.25, 0.3) is 33.2 Å². The second kappa shape index (κ2) is 4.02. The Labute approximate surface area is 143 Å². The molecule has 4 heterocycles. The summed E-state index contributed by atoms with van der Waals surface area (Å²) < 4.78 is 4.65. The van der Waals surface area contributed by atoms with E-state index in [0.717, 1.165) is 16.8 Å². The molecule has 2 aliphatic carbocycles. The van der Waals surface area contributed by atoms with E-state index in [0.29, 0.717) is 11.8 Å². The third-order valence-corrected chi connectivity index (χ3v) is 6.29. The minimum atomic E-state index is 0.660. The summed E-state index contributed by atoms with van der Waals surface area (Å²) >= 11 is 0. The molecule has 0 N–H and O–H groups in total. The van der Waals surface area contributed by atoms with E-state index in [-0.39, 0.29) is 0 Å². The Kier molecular flexibility index (Phi) is 2.01. The third-order valence-electron chi connectivity index (χ3n) is 6.29. The lowest BCUT2D eigenvalue weighted by Crippen LogP contribution is -2.02. The number of hydrogen-bond donors (Lipinski definition) is 0. The molecule has 2 bridgehead atoms. The van der Waals surface area contributed by atoms with Crippen molar-refractivity contribution in [3.63, 3.8) is 0 Å². The van der Waals surface area contributed by atoms with Crippen LogP contribution in [-0.2, 0) is 0 Å². The highest BCUT2D eigenvalue weighted by Gasteiger charge is 2.41. The van der Waals surface area contributed by atoms with Gasteiger partial charge in [0.25, 0.3) is 0 Å². The molecular formula is C21H16N4. The van der Waals surface area contributed by atoms with Crippen molar-refractivity contribution in [1.82, 2.24) is 18.8 Å². The highest BCUT2D eigenvalue weighted by Crippen LogP contribution is 2.53. The maximum atomic E-state index is 5.16. The maximum absolute atomic E-state index is 5.16. The SMILES string of the molecule is c1ccc2c(c1)c1nc3ccccn3c1n1c3c(nc21)C1CCC3C1. The molecule has 2 atom stereocenters. The van der Waals surface area contributed by atoms with E-state index in [1.54, 1.807) is 0 Å². The average molecular weight is 324 g/mol. The summed E-state index contributed by atoms with van der Waals surface area (Å²) in [5.41, 5.74) is 7.16. The van der Waals surface area contributed by atoms with Crippen LogP contribution in [0.4, 0.5) is 0 Å². The minimum absolute atomic E-state index is 0.660. The number of imidazole rings is 2. The lowest BCUT2D eigenvalue weighted by Gasteiger charge is -2.12. The molecule has 2 aliphatic rings. The molecular weight excluding hydrogens is 308 g/mol. The number of rotatable bonds is 0. The summed E-state index contributed by atoms with van der Waals surface area (Å²) in [4.78, 5) is 10.1. The Morgan fingerprint density at radius 1 is 0.880 bits per heavy atom. The first kappa shape index (κ1) is 12.5. The van der Waals surface area contributed by atoms with Gasteiger partial charge in [0, 0.05) is 28.8 Å². The second-order valence-electron chi connectivity index (χ2n) is 7.51. The van der Waals surface area contributed by atoms with Crippen LogP contribution < -0.4 is 0 Å². The molecule has 2 unspecified atom stereocenters. The topological polar surface area (TPSA) is 34.6 Å². The fraction of sp³-hybridized carbons (Fsp3) is 0.238. The fourth-order valence-electron chi connectivity index (χ4n) is 5.28. The molecule has 0 saturated heterocycles. The predicted octanol–water partition coefficient (Wildman–Crippen LogP) is 4.65. The molecule has 7 rings (SSSR count). The summed E-state index contributed by atoms with van der Waals surface area (Å²) in [7, 11) is 0. The van der Waals surface area contributed by atoms with E-state index < -0.39 is 0 Å². The van der Waals surface area contributed by atoms with Crippen molar-refractivity contribution in [2.45, 2.75) is 31.1 Å². The Hall–Kier alpha value is -2.88. The monoisotopic (exact) mass is 324 g/mol. The molecule has 120 valence electrons. The fourth-order valence-corrected chi connectivity index (χ4v) is 5.28. The van der Waals surface area contributed by atoms with Crippen LogP contribution in [0, 0.1) is 0 Å². The zero-order chi connectivity index (χ0) is 16.1. The molecule has 4 aromatic heterocycles. The molecule has 0 aliphatic heterocycles. The van der Waals surface area contributed by atoms with Crippen LogP contribution >= 0.6 is 0 Å². The van der Waals surface area contributed by atoms with E-state index in [1.807, 2.05) is 0 Å². The standard InChI is InChI=1S/C21H16N4/c1-2-6-15-14(5-1)18-21(24-10-4-3-7-16(24)22-18)25-19-13-9-8-12(11-13)17(19)23-20(15)25/h1-7,10,12-13H,8-9,11H2. The van der Waals surface area contributed by atoms with Crippen LogP contribution in [0.3, 0.4) is 0 Å². The zero-order valence-corrected chi connectivity index (χ0v) is 13.7. The van der Waals surface area contributed by atoms with Gasteiger partial charge in [-0.3, -0.25) is 8.80 Å². The largest absolute Gasteiger partial charge is 0.285 e. The number of pyridine rings is 2. The Morgan fingerprint density at radius 2 is 1.72 bits per heavy atom. The zero-order valence-electron chi connectivity index (χ0n) is 13.7. The maximum Gasteiger partial charge on any atom is 0.151 e. The van der Waals surface area contributed by atoms with Crippen molar-refractivity contribution in [2.75, 3.05) is 0 Å². The van der Waals surface area contributed by atoms with Crippen LogP contribution in [0.15, 0.2) is 48.7 Å². The summed E-state index contributed by atoms with van der Waals surface area (Å²) in [6.45, 7) is 0. The van der Waals surface area contributed by atoms with Crippen molar-refractivity contribution in [3.8, 4) is 0 Å². The number of benzene rings is 1. The first-order valence-corrected chi connectivity index (χ1v) is 9.10. The Balaban J connectivity index is 1.85. The third kappa shape index (κ3) is 1.33. The lowest BCUT2D eigenvalue weighted by molar-refractivity contribution is 0.692. The number of aromatic nitrogens is 4. The minimum Gasteiger partial charge on any atom is -0.285 e. The van der Waals surface area contributed by atoms with Crippen molar-refractivity contribution >= 4 is 33.2 Å². The molecule has 1 fully saturated rings. The summed E-state index contributed by atoms with van der Waals surface area (Å²) in [6, 6.07) is 14.8. The smallest absolute Gasteiger partial charge is 0.151 e. The van der Waals surface area contributed by atoms with Gasteiger partial charge in [-0.05, 0) is 31.4 Å². The highest BCUT2D eigenvalue weighted by molar-refractivity contribution is 6.10. The number of hydrogen-bond acceptors (Lipinski definition) is 2. The van der Waals surface area contributed by atoms with Crippen LogP contribution in [0.5, 0.6) is 0 Å². The predicted molar refractivity (Wildman–Crippen MR) is 98.3 cm³/mol. The van der Waals surface area contributed by atoms with Gasteiger partial charge in [0.05, 0.1) is 11.4 Å². The van der Waals surface area contributed by atoms with E-state index >= 15 is 0 Å². The number of fused-ring (bicyclic) bond motifs is 14. The summed E-state index contributed by atoms with van der Waals surface area (Å²) in [5, 5.41) is 2.41. The highest BCUT2D eigenvalue weighted by atomic mass is 15.2. The van der Waals surface area contributed by atoms with Crippen LogP contribution in [0.2, 0.25) is 0 Å². The summed E-state index contributed by atoms with van der Waals surface area (Å²) in [6.07, 6.45) is 6.01. The molecule has 0 spiro atoms. The van der Waals surface area contributed by atoms with Gasteiger partial charge >= 0.3 is 0 Å². The van der Waals surface area contributed by atoms with Gasteiger partial charge in [-0.25, -0.2) is 9.97 Å². The van der Waals surface area contributed by atoms with Gasteiger partial charge in [0.1, 0.15) is 16.8 Å². The van der Waals surface area contributed by atoms with Crippen LogP contribution in [0.1, 0.15) is 42.5 Å². The molecule has 1 saturated carbocycles. The molecule has 5 aromatic rings. The first-order chi connectivity index (χ1) is 12.4. The van der Waals surface area contributed by atoms with Gasteiger partial charge in [0.2, 0.25) is 0 Å². The van der Waals surface area contributed by atoms with E-state index in [2.05, 4.69) is 57.5 Å². The van der Waals surface area contributed by atoms with E-state index in [1.165, 1.54) is 47.1 Å². The molecule has 0 amide bonds. The van der Waals surface area contributed by atoms with Gasteiger partial charge in [-0.15, -0.1) is 0 Å². The van der Waals surface area contributed by atoms with Crippen molar-refractivity contribution < 1.29 is 0 Å². The van der Waals surface area contributed by atoms with Crippen molar-refractivity contribution in [2.24, 2.45) is 0 Å². The second-order valence-corrected chi connectivity index (χ2v) is 7.51. The van der Waals surface area contributed by atoms with E-state index in [4.69, 9.17) is 9.97 Å². The van der Waals surface area contributed by atoms with E-state index in [9.17, 15) is 0 Å². The molecule has 4 heteroatoms. The average Bonchev–Trinajstić information content (AvgIpc) is 3.40. The molecule has 25 heavy (non-hydrogen) atoms. The van der Waals surface area contributed by atoms with Gasteiger partial charge in [0.15, 0.2) is 5.65 Å². The van der Waals surface area contributed by atoms with Crippen molar-refractivity contribution in [3.05, 3.63) is 60.0 Å². The number of nitrogens with zero attached hydrogens (tertiary/aromatic N) is 4.